The normalized spacial score (nSPS) is 11.5. The van der Waals surface area contributed by atoms with Crippen LogP contribution in [0.4, 0.5) is 14.6 Å². The summed E-state index contributed by atoms with van der Waals surface area (Å²) in [5, 5.41) is 18.5. The molecule has 0 saturated heterocycles. The topological polar surface area (TPSA) is 140 Å². The van der Waals surface area contributed by atoms with E-state index >= 15 is 0 Å². The molecule has 0 bridgehead atoms. The van der Waals surface area contributed by atoms with E-state index < -0.39 is 17.5 Å². The van der Waals surface area contributed by atoms with Crippen molar-refractivity contribution in [2.24, 2.45) is 5.10 Å². The highest BCUT2D eigenvalue weighted by Gasteiger charge is 2.24. The molecule has 28 heavy (non-hydrogen) atoms. The summed E-state index contributed by atoms with van der Waals surface area (Å²) in [6.45, 7) is 0.262. The van der Waals surface area contributed by atoms with E-state index in [0.29, 0.717) is 11.8 Å². The van der Waals surface area contributed by atoms with Crippen LogP contribution in [0.3, 0.4) is 0 Å². The predicted octanol–water partition coefficient (Wildman–Crippen LogP) is 0.336. The maximum absolute atomic E-state index is 13.6. The van der Waals surface area contributed by atoms with Crippen molar-refractivity contribution in [3.8, 4) is 5.82 Å². The molecular weight excluding hydrogens is 376 g/mol. The molecule has 0 saturated carbocycles. The molecule has 0 aliphatic carbocycles. The third kappa shape index (κ3) is 3.98. The number of amides is 1. The number of rotatable bonds is 6. The summed E-state index contributed by atoms with van der Waals surface area (Å²) in [7, 11) is 3.55. The van der Waals surface area contributed by atoms with Crippen molar-refractivity contribution < 1.29 is 18.2 Å². The fourth-order valence-electron chi connectivity index (χ4n) is 2.25. The van der Waals surface area contributed by atoms with Gasteiger partial charge in [0, 0.05) is 18.2 Å². The van der Waals surface area contributed by atoms with E-state index in [2.05, 4.69) is 35.8 Å². The number of nitrogens with zero attached hydrogens (tertiary/aromatic N) is 7. The highest BCUT2D eigenvalue weighted by atomic mass is 19.1. The van der Waals surface area contributed by atoms with Crippen LogP contribution in [0, 0.1) is 11.6 Å². The third-order valence-corrected chi connectivity index (χ3v) is 3.47. The second-order valence-corrected chi connectivity index (χ2v) is 5.87. The van der Waals surface area contributed by atoms with Crippen LogP contribution in [0.5, 0.6) is 0 Å². The minimum absolute atomic E-state index is 0.000291. The van der Waals surface area contributed by atoms with Gasteiger partial charge >= 0.3 is 0 Å². The maximum Gasteiger partial charge on any atom is 0.293 e. The Morgan fingerprint density at radius 2 is 2.18 bits per heavy atom. The van der Waals surface area contributed by atoms with Gasteiger partial charge in [-0.05, 0) is 36.5 Å². The summed E-state index contributed by atoms with van der Waals surface area (Å²) in [6, 6.07) is 2.97. The van der Waals surface area contributed by atoms with E-state index in [4.69, 9.17) is 5.73 Å². The van der Waals surface area contributed by atoms with Crippen molar-refractivity contribution in [1.29, 1.82) is 0 Å². The molecule has 13 heteroatoms. The van der Waals surface area contributed by atoms with Crippen LogP contribution in [0.1, 0.15) is 21.7 Å². The Hall–Kier alpha value is -3.74. The van der Waals surface area contributed by atoms with Crippen molar-refractivity contribution in [2.75, 3.05) is 19.8 Å². The Balaban J connectivity index is 1.84. The van der Waals surface area contributed by atoms with E-state index in [9.17, 15) is 13.6 Å². The van der Waals surface area contributed by atoms with Crippen LogP contribution < -0.4 is 11.2 Å². The minimum atomic E-state index is -0.814. The average molecular weight is 391 g/mol. The van der Waals surface area contributed by atoms with Crippen LogP contribution in [-0.4, -0.2) is 56.4 Å². The fourth-order valence-corrected chi connectivity index (χ4v) is 2.25. The lowest BCUT2D eigenvalue weighted by atomic mass is 10.2. The molecular formula is C15H15F2N9O2. The van der Waals surface area contributed by atoms with Gasteiger partial charge in [0.15, 0.2) is 5.69 Å². The Labute approximate surface area is 156 Å². The third-order valence-electron chi connectivity index (χ3n) is 3.47. The molecule has 2 aromatic heterocycles. The van der Waals surface area contributed by atoms with Gasteiger partial charge in [-0.2, -0.15) is 9.78 Å². The SMILES string of the molecule is CN(C)Cc1c(C(=O)NN=Cc2ccc(F)cc2F)nnn1-c1nonc1N. The van der Waals surface area contributed by atoms with E-state index in [1.807, 2.05) is 0 Å². The van der Waals surface area contributed by atoms with Gasteiger partial charge in [0.05, 0.1) is 11.9 Å². The lowest BCUT2D eigenvalue weighted by molar-refractivity contribution is 0.0948. The molecule has 1 aromatic carbocycles. The first-order chi connectivity index (χ1) is 13.4. The number of hydrogen-bond donors (Lipinski definition) is 2. The van der Waals surface area contributed by atoms with Crippen LogP contribution in [-0.2, 0) is 6.54 Å². The second kappa shape index (κ2) is 7.87. The fraction of sp³-hybridized carbons (Fsp3) is 0.200. The summed E-state index contributed by atoms with van der Waals surface area (Å²) in [5.41, 5.74) is 8.20. The highest BCUT2D eigenvalue weighted by molar-refractivity contribution is 5.94. The number of nitrogens with two attached hydrogens (primary N) is 1. The first-order valence-electron chi connectivity index (χ1n) is 7.83. The quantitative estimate of drug-likeness (QED) is 0.453. The number of aromatic nitrogens is 5. The Bertz CT molecular complexity index is 1030. The lowest BCUT2D eigenvalue weighted by Gasteiger charge is -2.11. The van der Waals surface area contributed by atoms with E-state index in [1.165, 1.54) is 10.7 Å². The zero-order valence-electron chi connectivity index (χ0n) is 14.8. The van der Waals surface area contributed by atoms with Gasteiger partial charge in [-0.3, -0.25) is 4.79 Å². The van der Waals surface area contributed by atoms with Gasteiger partial charge in [0.25, 0.3) is 5.91 Å². The predicted molar refractivity (Wildman–Crippen MR) is 92.4 cm³/mol. The first-order valence-corrected chi connectivity index (χ1v) is 7.83. The van der Waals surface area contributed by atoms with Crippen LogP contribution in [0.15, 0.2) is 27.9 Å². The second-order valence-electron chi connectivity index (χ2n) is 5.87. The van der Waals surface area contributed by atoms with E-state index in [1.54, 1.807) is 19.0 Å². The lowest BCUT2D eigenvalue weighted by Crippen LogP contribution is -2.23. The summed E-state index contributed by atoms with van der Waals surface area (Å²) < 4.78 is 32.3. The molecule has 1 amide bonds. The summed E-state index contributed by atoms with van der Waals surface area (Å²) in [4.78, 5) is 14.2. The number of carbonyl (C=O) groups excluding carboxylic acids is 1. The van der Waals surface area contributed by atoms with Gasteiger partial charge < -0.3 is 10.6 Å². The monoisotopic (exact) mass is 391 g/mol. The molecule has 2 heterocycles. The minimum Gasteiger partial charge on any atom is -0.378 e. The molecule has 0 radical (unpaired) electrons. The Morgan fingerprint density at radius 1 is 1.39 bits per heavy atom. The number of benzene rings is 1. The van der Waals surface area contributed by atoms with Gasteiger partial charge in [-0.25, -0.2) is 18.8 Å². The standard InChI is InChI=1S/C15H15F2N9O2/c1-25(2)7-11-12(20-24-26(11)14-13(18)22-28-23-14)15(27)21-19-6-8-3-4-9(16)5-10(8)17/h3-6H,7H2,1-2H3,(H2,18,22)(H,21,27). The molecule has 3 aromatic rings. The van der Waals surface area contributed by atoms with Gasteiger partial charge in [-0.1, -0.05) is 5.21 Å². The Morgan fingerprint density at radius 3 is 2.82 bits per heavy atom. The zero-order valence-corrected chi connectivity index (χ0v) is 14.8. The number of anilines is 1. The number of nitrogen functional groups attached to an aromatic ring is 1. The number of nitrogens with one attached hydrogen (secondary N) is 1. The molecule has 0 aliphatic heterocycles. The highest BCUT2D eigenvalue weighted by Crippen LogP contribution is 2.16. The van der Waals surface area contributed by atoms with E-state index in [-0.39, 0.29) is 29.4 Å². The maximum atomic E-state index is 13.6. The largest absolute Gasteiger partial charge is 0.378 e. The van der Waals surface area contributed by atoms with Gasteiger partial charge in [0.2, 0.25) is 11.6 Å². The first kappa shape index (κ1) is 19.0. The number of hydrogen-bond acceptors (Lipinski definition) is 9. The van der Waals surface area contributed by atoms with Crippen LogP contribution in [0.2, 0.25) is 0 Å². The van der Waals surface area contributed by atoms with Crippen LogP contribution in [0.25, 0.3) is 5.82 Å². The van der Waals surface area contributed by atoms with Crippen molar-refractivity contribution in [2.45, 2.75) is 6.54 Å². The molecule has 0 spiro atoms. The van der Waals surface area contributed by atoms with Gasteiger partial charge in [0.1, 0.15) is 11.6 Å². The molecule has 11 nitrogen and oxygen atoms in total. The molecule has 0 aliphatic rings. The molecule has 0 fully saturated rings. The van der Waals surface area contributed by atoms with E-state index in [0.717, 1.165) is 12.3 Å². The number of carbonyl (C=O) groups is 1. The summed E-state index contributed by atoms with van der Waals surface area (Å²) in [6.07, 6.45) is 1.04. The van der Waals surface area contributed by atoms with Crippen molar-refractivity contribution in [3.63, 3.8) is 0 Å². The smallest absolute Gasteiger partial charge is 0.293 e. The summed E-state index contributed by atoms with van der Waals surface area (Å²) >= 11 is 0. The van der Waals surface area contributed by atoms with Crippen molar-refractivity contribution in [3.05, 3.63) is 46.8 Å². The van der Waals surface area contributed by atoms with Crippen molar-refractivity contribution in [1.82, 2.24) is 35.6 Å². The zero-order chi connectivity index (χ0) is 20.3. The van der Waals surface area contributed by atoms with Crippen molar-refractivity contribution >= 4 is 17.9 Å². The molecule has 0 atom stereocenters. The molecule has 3 rings (SSSR count). The Kier molecular flexibility index (Phi) is 5.35. The summed E-state index contributed by atoms with van der Waals surface area (Å²) in [5.74, 6) is -2.17. The molecule has 0 unspecified atom stereocenters. The number of hydrazone groups is 1. The molecule has 3 N–H and O–H groups in total. The average Bonchev–Trinajstić information content (AvgIpc) is 3.22. The number of halogens is 2. The van der Waals surface area contributed by atoms with Gasteiger partial charge in [-0.15, -0.1) is 5.10 Å². The van der Waals surface area contributed by atoms with Crippen LogP contribution >= 0.6 is 0 Å². The molecule has 146 valence electrons.